The number of anilines is 3. The number of halogens is 1. The molecule has 0 atom stereocenters. The van der Waals surface area contributed by atoms with Crippen LogP contribution in [0.1, 0.15) is 16.1 Å². The van der Waals surface area contributed by atoms with Gasteiger partial charge in [0.05, 0.1) is 6.42 Å². The fourth-order valence-electron chi connectivity index (χ4n) is 2.84. The molecule has 0 aliphatic heterocycles. The van der Waals surface area contributed by atoms with Crippen LogP contribution < -0.4 is 16.4 Å². The molecule has 3 heterocycles. The first kappa shape index (κ1) is 19.3. The van der Waals surface area contributed by atoms with Crippen molar-refractivity contribution in [3.63, 3.8) is 0 Å². The number of rotatable bonds is 6. The molecule has 0 radical (unpaired) electrons. The molecular weight excluding hydrogens is 454 g/mol. The van der Waals surface area contributed by atoms with Crippen molar-refractivity contribution in [2.45, 2.75) is 19.9 Å². The summed E-state index contributed by atoms with van der Waals surface area (Å²) in [5.74, 6) is 1.36. The van der Waals surface area contributed by atoms with Gasteiger partial charge < -0.3 is 16.4 Å². The Bertz CT molecular complexity index is 1170. The second-order valence-electron chi connectivity index (χ2n) is 6.47. The maximum atomic E-state index is 12.2. The average molecular weight is 472 g/mol. The molecule has 0 unspecified atom stereocenters. The van der Waals surface area contributed by atoms with E-state index in [-0.39, 0.29) is 11.9 Å². The van der Waals surface area contributed by atoms with Crippen LogP contribution in [0.4, 0.5) is 17.5 Å². The number of hydrogen-bond acceptors (Lipinski definition) is 7. The van der Waals surface area contributed by atoms with Crippen LogP contribution in [0.15, 0.2) is 46.3 Å². The van der Waals surface area contributed by atoms with Gasteiger partial charge in [-0.1, -0.05) is 12.1 Å². The predicted octanol–water partition coefficient (Wildman–Crippen LogP) is 3.63. The van der Waals surface area contributed by atoms with Gasteiger partial charge in [0.25, 0.3) is 5.78 Å². The van der Waals surface area contributed by atoms with Crippen molar-refractivity contribution in [2.24, 2.45) is 0 Å². The van der Waals surface area contributed by atoms with Crippen molar-refractivity contribution in [2.75, 3.05) is 16.4 Å². The Morgan fingerprint density at radius 2 is 2.03 bits per heavy atom. The van der Waals surface area contributed by atoms with Crippen LogP contribution >= 0.6 is 27.3 Å². The molecule has 1 amide bonds. The average Bonchev–Trinajstić information content (AvgIpc) is 3.25. The number of benzene rings is 1. The number of nitrogen functional groups attached to an aromatic ring is 1. The van der Waals surface area contributed by atoms with Gasteiger partial charge in [0.15, 0.2) is 0 Å². The van der Waals surface area contributed by atoms with E-state index in [9.17, 15) is 4.79 Å². The molecule has 0 aliphatic rings. The summed E-state index contributed by atoms with van der Waals surface area (Å²) in [6, 6.07) is 11.6. The van der Waals surface area contributed by atoms with E-state index in [1.807, 2.05) is 48.7 Å². The van der Waals surface area contributed by atoms with E-state index in [4.69, 9.17) is 5.73 Å². The van der Waals surface area contributed by atoms with Crippen molar-refractivity contribution < 1.29 is 4.79 Å². The van der Waals surface area contributed by atoms with Crippen molar-refractivity contribution in [3.05, 3.63) is 62.4 Å². The van der Waals surface area contributed by atoms with Crippen molar-refractivity contribution in [1.29, 1.82) is 0 Å². The van der Waals surface area contributed by atoms with Gasteiger partial charge in [0.2, 0.25) is 11.9 Å². The molecule has 0 saturated carbocycles. The molecule has 1 aromatic carbocycles. The zero-order valence-corrected chi connectivity index (χ0v) is 17.9. The number of amides is 1. The van der Waals surface area contributed by atoms with Gasteiger partial charge in [-0.25, -0.2) is 4.98 Å². The second kappa shape index (κ2) is 8.18. The van der Waals surface area contributed by atoms with Crippen LogP contribution in [-0.4, -0.2) is 25.5 Å². The summed E-state index contributed by atoms with van der Waals surface area (Å²) < 4.78 is 2.58. The van der Waals surface area contributed by atoms with Gasteiger partial charge in [0, 0.05) is 38.7 Å². The monoisotopic (exact) mass is 471 g/mol. The van der Waals surface area contributed by atoms with E-state index in [0.717, 1.165) is 32.1 Å². The van der Waals surface area contributed by atoms with E-state index >= 15 is 0 Å². The number of fused-ring (bicyclic) bond motifs is 1. The molecule has 10 heteroatoms. The van der Waals surface area contributed by atoms with E-state index in [1.54, 1.807) is 15.9 Å². The molecule has 8 nitrogen and oxygen atoms in total. The van der Waals surface area contributed by atoms with E-state index < -0.39 is 0 Å². The minimum atomic E-state index is -0.0383. The fourth-order valence-corrected chi connectivity index (χ4v) is 4.29. The molecule has 148 valence electrons. The van der Waals surface area contributed by atoms with Crippen molar-refractivity contribution in [1.82, 2.24) is 19.6 Å². The molecule has 0 fully saturated rings. The SMILES string of the molecule is Cc1cc(NCc2ccc(NC(=O)Cc3cc(Br)cs3)cc2)n2nc(N)nc2n1. The Morgan fingerprint density at radius 3 is 2.76 bits per heavy atom. The molecule has 29 heavy (non-hydrogen) atoms. The zero-order chi connectivity index (χ0) is 20.4. The number of nitrogens with one attached hydrogen (secondary N) is 2. The minimum Gasteiger partial charge on any atom is -0.366 e. The third kappa shape index (κ3) is 4.72. The Morgan fingerprint density at radius 1 is 1.24 bits per heavy atom. The lowest BCUT2D eigenvalue weighted by Gasteiger charge is -2.10. The summed E-state index contributed by atoms with van der Waals surface area (Å²) in [4.78, 5) is 21.6. The normalized spacial score (nSPS) is 11.0. The standard InChI is InChI=1S/C19H18BrN7OS/c1-11-6-16(27-19(23-11)25-18(21)26-27)22-9-12-2-4-14(5-3-12)24-17(28)8-15-7-13(20)10-29-15/h2-7,10,22H,8-9H2,1H3,(H2,21,26)(H,24,28). The third-order valence-corrected chi connectivity index (χ3v) is 5.82. The summed E-state index contributed by atoms with van der Waals surface area (Å²) in [6.45, 7) is 2.47. The van der Waals surface area contributed by atoms with E-state index in [0.29, 0.717) is 18.7 Å². The van der Waals surface area contributed by atoms with E-state index in [2.05, 4.69) is 41.6 Å². The molecular formula is C19H18BrN7OS. The Balaban J connectivity index is 1.38. The van der Waals surface area contributed by atoms with Crippen LogP contribution in [0.3, 0.4) is 0 Å². The number of aryl methyl sites for hydroxylation is 1. The maximum Gasteiger partial charge on any atom is 0.256 e. The number of aromatic nitrogens is 4. The van der Waals surface area contributed by atoms with E-state index in [1.165, 1.54) is 0 Å². The maximum absolute atomic E-state index is 12.2. The molecule has 0 saturated heterocycles. The van der Waals surface area contributed by atoms with Gasteiger partial charge in [0.1, 0.15) is 5.82 Å². The molecule has 3 aromatic heterocycles. The van der Waals surface area contributed by atoms with Gasteiger partial charge >= 0.3 is 0 Å². The summed E-state index contributed by atoms with van der Waals surface area (Å²) in [5.41, 5.74) is 8.32. The Labute approximate surface area is 179 Å². The molecule has 0 bridgehead atoms. The largest absolute Gasteiger partial charge is 0.366 e. The number of nitrogens with zero attached hydrogens (tertiary/aromatic N) is 4. The number of carbonyl (C=O) groups excluding carboxylic acids is 1. The first-order chi connectivity index (χ1) is 14.0. The molecule has 4 rings (SSSR count). The summed E-state index contributed by atoms with van der Waals surface area (Å²) >= 11 is 4.96. The molecule has 0 aliphatic carbocycles. The van der Waals surface area contributed by atoms with Crippen molar-refractivity contribution in [3.8, 4) is 0 Å². The molecule has 4 N–H and O–H groups in total. The first-order valence-electron chi connectivity index (χ1n) is 8.82. The zero-order valence-electron chi connectivity index (χ0n) is 15.5. The van der Waals surface area contributed by atoms with Crippen LogP contribution in [0.2, 0.25) is 0 Å². The van der Waals surface area contributed by atoms with Gasteiger partial charge in [-0.2, -0.15) is 9.50 Å². The second-order valence-corrected chi connectivity index (χ2v) is 8.38. The van der Waals surface area contributed by atoms with Crippen LogP contribution in [0.25, 0.3) is 5.78 Å². The quantitative estimate of drug-likeness (QED) is 0.395. The van der Waals surface area contributed by atoms with Crippen LogP contribution in [0.5, 0.6) is 0 Å². The summed E-state index contributed by atoms with van der Waals surface area (Å²) in [6.07, 6.45) is 0.359. The lowest BCUT2D eigenvalue weighted by molar-refractivity contribution is -0.115. The van der Waals surface area contributed by atoms with Gasteiger partial charge in [-0.15, -0.1) is 16.4 Å². The first-order valence-corrected chi connectivity index (χ1v) is 10.5. The Kier molecular flexibility index (Phi) is 5.45. The Hall–Kier alpha value is -2.98. The lowest BCUT2D eigenvalue weighted by Crippen LogP contribution is -2.13. The smallest absolute Gasteiger partial charge is 0.256 e. The van der Waals surface area contributed by atoms with Crippen LogP contribution in [-0.2, 0) is 17.8 Å². The van der Waals surface area contributed by atoms with Gasteiger partial charge in [-0.05, 0) is 46.6 Å². The summed E-state index contributed by atoms with van der Waals surface area (Å²) in [7, 11) is 0. The summed E-state index contributed by atoms with van der Waals surface area (Å²) in [5, 5.41) is 12.4. The highest BCUT2D eigenvalue weighted by Crippen LogP contribution is 2.21. The van der Waals surface area contributed by atoms with Crippen LogP contribution in [0, 0.1) is 6.92 Å². The lowest BCUT2D eigenvalue weighted by atomic mass is 10.2. The third-order valence-electron chi connectivity index (χ3n) is 4.12. The highest BCUT2D eigenvalue weighted by molar-refractivity contribution is 9.10. The molecule has 0 spiro atoms. The minimum absolute atomic E-state index is 0.0383. The highest BCUT2D eigenvalue weighted by Gasteiger charge is 2.09. The number of thiophene rings is 1. The van der Waals surface area contributed by atoms with Gasteiger partial charge in [-0.3, -0.25) is 4.79 Å². The molecule has 4 aromatic rings. The highest BCUT2D eigenvalue weighted by atomic mass is 79.9. The fraction of sp³-hybridized carbons (Fsp3) is 0.158. The van der Waals surface area contributed by atoms with Crippen molar-refractivity contribution >= 4 is 56.4 Å². The number of hydrogen-bond donors (Lipinski definition) is 3. The number of nitrogens with two attached hydrogens (primary N) is 1. The topological polar surface area (TPSA) is 110 Å². The number of carbonyl (C=O) groups is 1. The predicted molar refractivity (Wildman–Crippen MR) is 118 cm³/mol.